The molecular weight excluding hydrogens is 260 g/mol. The number of hydrogen-bond acceptors (Lipinski definition) is 5. The molecule has 2 aromatic heterocycles. The Balaban J connectivity index is 2.21. The maximum absolute atomic E-state index is 11.6. The first-order chi connectivity index (χ1) is 8.95. The Labute approximate surface area is 116 Å². The van der Waals surface area contributed by atoms with Crippen LogP contribution in [0.1, 0.15) is 49.3 Å². The zero-order valence-corrected chi connectivity index (χ0v) is 12.3. The molecule has 0 aliphatic rings. The van der Waals surface area contributed by atoms with E-state index in [0.717, 1.165) is 10.7 Å². The Morgan fingerprint density at radius 2 is 2.05 bits per heavy atom. The van der Waals surface area contributed by atoms with Crippen molar-refractivity contribution < 1.29 is 0 Å². The van der Waals surface area contributed by atoms with Gasteiger partial charge in [-0.1, -0.05) is 13.8 Å². The summed E-state index contributed by atoms with van der Waals surface area (Å²) < 4.78 is 0. The summed E-state index contributed by atoms with van der Waals surface area (Å²) in [5, 5.41) is 6.23. The summed E-state index contributed by atoms with van der Waals surface area (Å²) in [6, 6.07) is 1.51. The molecule has 1 unspecified atom stereocenters. The molecular formula is C13H18N4OS. The highest BCUT2D eigenvalue weighted by Gasteiger charge is 2.11. The molecule has 2 rings (SSSR count). The lowest BCUT2D eigenvalue weighted by atomic mass is 10.2. The van der Waals surface area contributed by atoms with Crippen molar-refractivity contribution >= 4 is 17.2 Å². The van der Waals surface area contributed by atoms with Gasteiger partial charge in [0.2, 0.25) is 0 Å². The summed E-state index contributed by atoms with van der Waals surface area (Å²) >= 11 is 1.60. The average Bonchev–Trinajstić information content (AvgIpc) is 2.75. The minimum atomic E-state index is -0.135. The Kier molecular flexibility index (Phi) is 3.99. The molecule has 0 saturated heterocycles. The molecule has 5 nitrogen and oxygen atoms in total. The SMILES string of the molecule is Cc1csc(C(C)Nc2cc(=O)[nH]c(C(C)C)n2)n1. The number of aromatic nitrogens is 3. The van der Waals surface area contributed by atoms with Gasteiger partial charge in [0.25, 0.3) is 5.56 Å². The summed E-state index contributed by atoms with van der Waals surface area (Å²) in [7, 11) is 0. The van der Waals surface area contributed by atoms with E-state index in [1.165, 1.54) is 6.07 Å². The van der Waals surface area contributed by atoms with Gasteiger partial charge in [-0.15, -0.1) is 11.3 Å². The topological polar surface area (TPSA) is 70.7 Å². The number of aryl methyl sites for hydroxylation is 1. The molecule has 2 N–H and O–H groups in total. The van der Waals surface area contributed by atoms with Crippen LogP contribution < -0.4 is 10.9 Å². The van der Waals surface area contributed by atoms with E-state index >= 15 is 0 Å². The minimum absolute atomic E-state index is 0.0352. The Hall–Kier alpha value is -1.69. The van der Waals surface area contributed by atoms with Gasteiger partial charge in [-0.2, -0.15) is 0 Å². The van der Waals surface area contributed by atoms with E-state index in [2.05, 4.69) is 20.3 Å². The van der Waals surface area contributed by atoms with Gasteiger partial charge in [0, 0.05) is 23.1 Å². The van der Waals surface area contributed by atoms with Gasteiger partial charge in [-0.3, -0.25) is 4.79 Å². The molecule has 6 heteroatoms. The Bertz CT molecular complexity index is 617. The molecule has 2 aromatic rings. The summed E-state index contributed by atoms with van der Waals surface area (Å²) in [6.07, 6.45) is 0. The molecule has 0 radical (unpaired) electrons. The first kappa shape index (κ1) is 13.7. The second kappa shape index (κ2) is 5.52. The molecule has 19 heavy (non-hydrogen) atoms. The largest absolute Gasteiger partial charge is 0.361 e. The highest BCUT2D eigenvalue weighted by Crippen LogP contribution is 2.21. The van der Waals surface area contributed by atoms with Gasteiger partial charge >= 0.3 is 0 Å². The fourth-order valence-corrected chi connectivity index (χ4v) is 2.48. The quantitative estimate of drug-likeness (QED) is 0.902. The van der Waals surface area contributed by atoms with Crippen LogP contribution in [0.15, 0.2) is 16.2 Å². The summed E-state index contributed by atoms with van der Waals surface area (Å²) in [4.78, 5) is 23.2. The summed E-state index contributed by atoms with van der Waals surface area (Å²) in [5.41, 5.74) is 0.874. The van der Waals surface area contributed by atoms with Crippen LogP contribution >= 0.6 is 11.3 Å². The second-order valence-corrected chi connectivity index (χ2v) is 5.75. The van der Waals surface area contributed by atoms with Gasteiger partial charge in [0.05, 0.1) is 6.04 Å². The van der Waals surface area contributed by atoms with Gasteiger partial charge in [-0.25, -0.2) is 9.97 Å². The number of thiazole rings is 1. The van der Waals surface area contributed by atoms with Gasteiger partial charge < -0.3 is 10.3 Å². The number of aromatic amines is 1. The van der Waals surface area contributed by atoms with E-state index in [9.17, 15) is 4.79 Å². The predicted octanol–water partition coefficient (Wildman–Crippen LogP) is 2.83. The lowest BCUT2D eigenvalue weighted by Crippen LogP contribution is -2.16. The van der Waals surface area contributed by atoms with E-state index < -0.39 is 0 Å². The van der Waals surface area contributed by atoms with Crippen LogP contribution in [0.3, 0.4) is 0 Å². The molecule has 0 spiro atoms. The third-order valence-corrected chi connectivity index (χ3v) is 3.82. The zero-order valence-electron chi connectivity index (χ0n) is 11.5. The van der Waals surface area contributed by atoms with Crippen molar-refractivity contribution in [1.29, 1.82) is 0 Å². The zero-order chi connectivity index (χ0) is 14.0. The molecule has 0 aliphatic carbocycles. The van der Waals surface area contributed by atoms with Crippen LogP contribution in [0.5, 0.6) is 0 Å². The first-order valence-corrected chi connectivity index (χ1v) is 7.13. The summed E-state index contributed by atoms with van der Waals surface area (Å²) in [5.74, 6) is 1.47. The molecule has 0 aliphatic heterocycles. The Morgan fingerprint density at radius 3 is 2.63 bits per heavy atom. The minimum Gasteiger partial charge on any atom is -0.361 e. The number of nitrogens with zero attached hydrogens (tertiary/aromatic N) is 2. The van der Waals surface area contributed by atoms with E-state index in [1.807, 2.05) is 33.1 Å². The van der Waals surface area contributed by atoms with Gasteiger partial charge in [0.1, 0.15) is 16.6 Å². The maximum atomic E-state index is 11.6. The number of nitrogens with one attached hydrogen (secondary N) is 2. The van der Waals surface area contributed by atoms with Crippen molar-refractivity contribution in [2.75, 3.05) is 5.32 Å². The van der Waals surface area contributed by atoms with Crippen molar-refractivity contribution in [3.05, 3.63) is 38.3 Å². The van der Waals surface area contributed by atoms with Crippen molar-refractivity contribution in [3.8, 4) is 0 Å². The van der Waals surface area contributed by atoms with Crippen molar-refractivity contribution in [2.45, 2.75) is 39.7 Å². The molecule has 0 aromatic carbocycles. The van der Waals surface area contributed by atoms with Crippen LogP contribution in [-0.4, -0.2) is 15.0 Å². The lowest BCUT2D eigenvalue weighted by Gasteiger charge is -2.13. The van der Waals surface area contributed by atoms with E-state index in [-0.39, 0.29) is 17.5 Å². The van der Waals surface area contributed by atoms with Crippen LogP contribution in [0.4, 0.5) is 5.82 Å². The molecule has 0 fully saturated rings. The number of anilines is 1. The molecule has 2 heterocycles. The highest BCUT2D eigenvalue weighted by molar-refractivity contribution is 7.09. The second-order valence-electron chi connectivity index (χ2n) is 4.86. The molecule has 1 atom stereocenters. The lowest BCUT2D eigenvalue weighted by molar-refractivity contribution is 0.760. The monoisotopic (exact) mass is 278 g/mol. The van der Waals surface area contributed by atoms with Gasteiger partial charge in [0.15, 0.2) is 0 Å². The molecule has 0 saturated carbocycles. The fourth-order valence-electron chi connectivity index (χ4n) is 1.68. The number of H-pyrrole nitrogens is 1. The molecule has 102 valence electrons. The van der Waals surface area contributed by atoms with Gasteiger partial charge in [-0.05, 0) is 13.8 Å². The van der Waals surface area contributed by atoms with E-state index in [1.54, 1.807) is 11.3 Å². The predicted molar refractivity (Wildman–Crippen MR) is 77.8 cm³/mol. The van der Waals surface area contributed by atoms with Crippen molar-refractivity contribution in [3.63, 3.8) is 0 Å². The fraction of sp³-hybridized carbons (Fsp3) is 0.462. The average molecular weight is 278 g/mol. The number of rotatable bonds is 4. The van der Waals surface area contributed by atoms with Crippen LogP contribution in [0.25, 0.3) is 0 Å². The Morgan fingerprint density at radius 1 is 1.32 bits per heavy atom. The van der Waals surface area contributed by atoms with Crippen LogP contribution in [0.2, 0.25) is 0 Å². The standard InChI is InChI=1S/C13H18N4OS/c1-7(2)12-16-10(5-11(18)17-12)15-9(4)13-14-8(3)6-19-13/h5-7,9H,1-4H3,(H2,15,16,17,18). The van der Waals surface area contributed by atoms with E-state index in [4.69, 9.17) is 0 Å². The third-order valence-electron chi connectivity index (χ3n) is 2.68. The normalized spacial score (nSPS) is 12.7. The third kappa shape index (κ3) is 3.41. The first-order valence-electron chi connectivity index (χ1n) is 6.25. The smallest absolute Gasteiger partial charge is 0.252 e. The van der Waals surface area contributed by atoms with Crippen LogP contribution in [0, 0.1) is 6.92 Å². The summed E-state index contributed by atoms with van der Waals surface area (Å²) in [6.45, 7) is 7.97. The number of hydrogen-bond donors (Lipinski definition) is 2. The highest BCUT2D eigenvalue weighted by atomic mass is 32.1. The van der Waals surface area contributed by atoms with Crippen molar-refractivity contribution in [2.24, 2.45) is 0 Å². The maximum Gasteiger partial charge on any atom is 0.252 e. The van der Waals surface area contributed by atoms with Crippen LogP contribution in [-0.2, 0) is 0 Å². The van der Waals surface area contributed by atoms with E-state index in [0.29, 0.717) is 11.6 Å². The molecule has 0 amide bonds. The molecule has 0 bridgehead atoms. The van der Waals surface area contributed by atoms with Crippen molar-refractivity contribution in [1.82, 2.24) is 15.0 Å².